The van der Waals surface area contributed by atoms with Crippen LogP contribution in [-0.2, 0) is 27.7 Å². The first-order chi connectivity index (χ1) is 11.4. The molecule has 0 saturated heterocycles. The zero-order valence-electron chi connectivity index (χ0n) is 14.4. The van der Waals surface area contributed by atoms with Gasteiger partial charge >= 0.3 is 7.82 Å². The van der Waals surface area contributed by atoms with Crippen molar-refractivity contribution < 1.29 is 27.7 Å². The van der Waals surface area contributed by atoms with Crippen molar-refractivity contribution in [2.75, 3.05) is 13.2 Å². The summed E-state index contributed by atoms with van der Waals surface area (Å²) in [5.74, 6) is 0.122. The molecule has 0 heterocycles. The van der Waals surface area contributed by atoms with Crippen LogP contribution in [0.2, 0.25) is 0 Å². The van der Waals surface area contributed by atoms with Crippen LogP contribution >= 0.6 is 7.82 Å². The fraction of sp³-hybridized carbons (Fsp3) is 0.647. The monoisotopic (exact) mass is 356 g/mol. The van der Waals surface area contributed by atoms with Gasteiger partial charge in [-0.1, -0.05) is 6.08 Å². The fourth-order valence-electron chi connectivity index (χ4n) is 3.42. The van der Waals surface area contributed by atoms with Crippen LogP contribution in [0.1, 0.15) is 40.0 Å². The Kier molecular flexibility index (Phi) is 6.55. The van der Waals surface area contributed by atoms with E-state index in [9.17, 15) is 14.2 Å². The summed E-state index contributed by atoms with van der Waals surface area (Å²) < 4.78 is 28.5. The molecular weight excluding hydrogens is 331 g/mol. The second-order valence-corrected chi connectivity index (χ2v) is 7.70. The quantitative estimate of drug-likeness (QED) is 0.615. The third-order valence-electron chi connectivity index (χ3n) is 4.21. The molecule has 0 spiro atoms. The van der Waals surface area contributed by atoms with E-state index >= 15 is 0 Å². The summed E-state index contributed by atoms with van der Waals surface area (Å²) in [6, 6.07) is 0. The van der Waals surface area contributed by atoms with Gasteiger partial charge in [0.2, 0.25) is 0 Å². The van der Waals surface area contributed by atoms with Crippen molar-refractivity contribution in [3.8, 4) is 0 Å². The van der Waals surface area contributed by atoms with Gasteiger partial charge in [0.25, 0.3) is 0 Å². The number of fused-ring (bicyclic) bond motifs is 1. The Hall–Kier alpha value is -1.23. The van der Waals surface area contributed by atoms with Gasteiger partial charge in [-0.2, -0.15) is 0 Å². The minimum absolute atomic E-state index is 0.0106. The van der Waals surface area contributed by atoms with E-state index in [0.717, 1.165) is 6.42 Å². The number of carbonyl (C=O) groups is 2. The lowest BCUT2D eigenvalue weighted by Crippen LogP contribution is -2.36. The van der Waals surface area contributed by atoms with Gasteiger partial charge in [0.05, 0.1) is 13.2 Å². The van der Waals surface area contributed by atoms with E-state index in [-0.39, 0.29) is 49.0 Å². The highest BCUT2D eigenvalue weighted by Gasteiger charge is 2.41. The lowest BCUT2D eigenvalue weighted by Gasteiger charge is -2.37. The summed E-state index contributed by atoms with van der Waals surface area (Å²) in [6.07, 6.45) is 6.69. The molecule has 3 unspecified atom stereocenters. The van der Waals surface area contributed by atoms with Gasteiger partial charge in [-0.25, -0.2) is 4.57 Å². The van der Waals surface area contributed by atoms with Crippen molar-refractivity contribution in [3.63, 3.8) is 0 Å². The highest BCUT2D eigenvalue weighted by molar-refractivity contribution is 7.48. The largest absolute Gasteiger partial charge is 0.529 e. The number of ketones is 2. The lowest BCUT2D eigenvalue weighted by molar-refractivity contribution is -0.123. The molecule has 3 atom stereocenters. The Morgan fingerprint density at radius 3 is 2.54 bits per heavy atom. The summed E-state index contributed by atoms with van der Waals surface area (Å²) in [7, 11) is -3.67. The Bertz CT molecular complexity index is 584. The first-order valence-electron chi connectivity index (χ1n) is 8.37. The topological polar surface area (TPSA) is 78.9 Å². The van der Waals surface area contributed by atoms with Gasteiger partial charge in [0, 0.05) is 18.8 Å². The molecule has 0 bridgehead atoms. The van der Waals surface area contributed by atoms with Crippen LogP contribution in [0.5, 0.6) is 0 Å². The summed E-state index contributed by atoms with van der Waals surface area (Å²) in [5.41, 5.74) is 0. The Labute approximate surface area is 142 Å². The average Bonchev–Trinajstić information content (AvgIpc) is 2.46. The van der Waals surface area contributed by atoms with Crippen LogP contribution in [0.15, 0.2) is 24.0 Å². The van der Waals surface area contributed by atoms with Crippen molar-refractivity contribution in [1.82, 2.24) is 0 Å². The van der Waals surface area contributed by atoms with Crippen molar-refractivity contribution in [3.05, 3.63) is 24.0 Å². The minimum atomic E-state index is -3.67. The molecule has 2 aliphatic rings. The van der Waals surface area contributed by atoms with Crippen LogP contribution in [0, 0.1) is 17.8 Å². The smallest absolute Gasteiger partial charge is 0.409 e. The molecule has 0 aliphatic heterocycles. The number of hydrogen-bond acceptors (Lipinski definition) is 6. The Morgan fingerprint density at radius 1 is 1.29 bits per heavy atom. The number of carbonyl (C=O) groups excluding carboxylic acids is 2. The summed E-state index contributed by atoms with van der Waals surface area (Å²) in [5, 5.41) is 0. The number of allylic oxidation sites excluding steroid dienone is 4. The van der Waals surface area contributed by atoms with E-state index < -0.39 is 7.82 Å². The van der Waals surface area contributed by atoms with Gasteiger partial charge in [-0.05, 0) is 51.2 Å². The van der Waals surface area contributed by atoms with E-state index in [1.807, 2.05) is 6.08 Å². The number of phosphoric ester groups is 1. The minimum Gasteiger partial charge on any atom is -0.409 e. The van der Waals surface area contributed by atoms with E-state index in [1.165, 1.54) is 6.92 Å². The van der Waals surface area contributed by atoms with E-state index in [2.05, 4.69) is 0 Å². The van der Waals surface area contributed by atoms with Crippen molar-refractivity contribution in [2.24, 2.45) is 17.8 Å². The highest BCUT2D eigenvalue weighted by Crippen LogP contribution is 2.54. The molecule has 0 aromatic rings. The molecule has 0 amide bonds. The highest BCUT2D eigenvalue weighted by atomic mass is 31.2. The molecule has 0 aromatic carbocycles. The number of hydrogen-bond donors (Lipinski definition) is 0. The molecule has 0 aromatic heterocycles. The number of Topliss-reactive ketones (excluding diaryl/α,β-unsaturated/α-hetero) is 1. The van der Waals surface area contributed by atoms with Crippen LogP contribution < -0.4 is 0 Å². The first-order valence-corrected chi connectivity index (χ1v) is 9.83. The summed E-state index contributed by atoms with van der Waals surface area (Å²) >= 11 is 0. The predicted octanol–water partition coefficient (Wildman–Crippen LogP) is 3.83. The zero-order chi connectivity index (χ0) is 17.7. The van der Waals surface area contributed by atoms with Crippen molar-refractivity contribution in [1.29, 1.82) is 0 Å². The lowest BCUT2D eigenvalue weighted by atomic mass is 9.68. The number of phosphoric acid groups is 1. The molecule has 7 heteroatoms. The summed E-state index contributed by atoms with van der Waals surface area (Å²) in [6.45, 7) is 5.34. The molecule has 0 N–H and O–H groups in total. The second-order valence-electron chi connectivity index (χ2n) is 6.11. The van der Waals surface area contributed by atoms with Crippen LogP contribution in [-0.4, -0.2) is 24.8 Å². The van der Waals surface area contributed by atoms with Gasteiger partial charge in [-0.3, -0.25) is 13.8 Å². The SMILES string of the molecule is CCOP(=O)(OCC)OC1=CC(CC(C)=O)C2C(=O)C=CCC2C1. The standard InChI is InChI=1S/C17H25O6P/c1-4-21-24(20,22-5-2)23-15-10-13-7-6-8-16(19)17(13)14(11-15)9-12(3)18/h6,8,11,13-14,17H,4-5,7,9-10H2,1-3H3. The first kappa shape index (κ1) is 19.1. The Balaban J connectivity index is 2.25. The maximum Gasteiger partial charge on any atom is 0.529 e. The normalized spacial score (nSPS) is 26.7. The van der Waals surface area contributed by atoms with E-state index in [1.54, 1.807) is 26.0 Å². The second kappa shape index (κ2) is 8.24. The molecule has 2 aliphatic carbocycles. The number of rotatable bonds is 8. The molecule has 134 valence electrons. The maximum atomic E-state index is 12.6. The Morgan fingerprint density at radius 2 is 1.96 bits per heavy atom. The molecule has 0 fully saturated rings. The molecule has 6 nitrogen and oxygen atoms in total. The average molecular weight is 356 g/mol. The van der Waals surface area contributed by atoms with Crippen LogP contribution in [0.3, 0.4) is 0 Å². The zero-order valence-corrected chi connectivity index (χ0v) is 15.3. The molecule has 2 rings (SSSR count). The van der Waals surface area contributed by atoms with Crippen LogP contribution in [0.4, 0.5) is 0 Å². The van der Waals surface area contributed by atoms with Crippen LogP contribution in [0.25, 0.3) is 0 Å². The molecule has 24 heavy (non-hydrogen) atoms. The maximum absolute atomic E-state index is 12.6. The molecular formula is C17H25O6P. The van der Waals surface area contributed by atoms with Crippen molar-refractivity contribution >= 4 is 19.4 Å². The van der Waals surface area contributed by atoms with E-state index in [4.69, 9.17) is 13.6 Å². The van der Waals surface area contributed by atoms with E-state index in [0.29, 0.717) is 12.2 Å². The molecule has 0 saturated carbocycles. The van der Waals surface area contributed by atoms with Crippen molar-refractivity contribution in [2.45, 2.75) is 40.0 Å². The van der Waals surface area contributed by atoms with Gasteiger partial charge in [-0.15, -0.1) is 0 Å². The third kappa shape index (κ3) is 4.65. The fourth-order valence-corrected chi connectivity index (χ4v) is 4.66. The summed E-state index contributed by atoms with van der Waals surface area (Å²) in [4.78, 5) is 23.8. The third-order valence-corrected chi connectivity index (χ3v) is 5.82. The predicted molar refractivity (Wildman–Crippen MR) is 89.2 cm³/mol. The van der Waals surface area contributed by atoms with Gasteiger partial charge < -0.3 is 9.32 Å². The van der Waals surface area contributed by atoms with Gasteiger partial charge in [0.15, 0.2) is 5.78 Å². The van der Waals surface area contributed by atoms with Gasteiger partial charge in [0.1, 0.15) is 11.5 Å². The molecule has 0 radical (unpaired) electrons.